The highest BCUT2D eigenvalue weighted by atomic mass is 35.5. The summed E-state index contributed by atoms with van der Waals surface area (Å²) >= 11 is 6.01. The molecule has 1 aromatic carbocycles. The molecule has 1 aromatic heterocycles. The summed E-state index contributed by atoms with van der Waals surface area (Å²) in [7, 11) is 0. The lowest BCUT2D eigenvalue weighted by molar-refractivity contribution is 0.628. The maximum absolute atomic E-state index is 13.2. The van der Waals surface area contributed by atoms with Crippen LogP contribution >= 0.6 is 11.6 Å². The molecule has 0 aliphatic rings. The van der Waals surface area contributed by atoms with E-state index >= 15 is 0 Å². The van der Waals surface area contributed by atoms with E-state index in [9.17, 15) is 4.39 Å². The molecule has 0 saturated carbocycles. The van der Waals surface area contributed by atoms with Crippen molar-refractivity contribution in [1.82, 2.24) is 4.98 Å². The van der Waals surface area contributed by atoms with E-state index in [-0.39, 0.29) is 5.82 Å². The van der Waals surface area contributed by atoms with Gasteiger partial charge in [-0.25, -0.2) is 9.37 Å². The largest absolute Gasteiger partial charge is 0.236 e. The first-order valence-corrected chi connectivity index (χ1v) is 5.25. The van der Waals surface area contributed by atoms with Crippen LogP contribution in [0.3, 0.4) is 0 Å². The second-order valence-electron chi connectivity index (χ2n) is 3.59. The van der Waals surface area contributed by atoms with Crippen molar-refractivity contribution in [2.24, 2.45) is 0 Å². The summed E-state index contributed by atoms with van der Waals surface area (Å²) < 4.78 is 13.2. The summed E-state index contributed by atoms with van der Waals surface area (Å²) in [5.41, 5.74) is 2.54. The Labute approximate surface area is 92.9 Å². The van der Waals surface area contributed by atoms with Crippen molar-refractivity contribution < 1.29 is 4.39 Å². The molecule has 0 radical (unpaired) electrons. The van der Waals surface area contributed by atoms with Crippen LogP contribution in [0.5, 0.6) is 0 Å². The Morgan fingerprint density at radius 1 is 1.33 bits per heavy atom. The van der Waals surface area contributed by atoms with Gasteiger partial charge in [-0.2, -0.15) is 0 Å². The van der Waals surface area contributed by atoms with E-state index in [1.807, 2.05) is 19.9 Å². The van der Waals surface area contributed by atoms with E-state index in [4.69, 9.17) is 11.6 Å². The fraction of sp³-hybridized carbons (Fsp3) is 0.250. The summed E-state index contributed by atoms with van der Waals surface area (Å²) in [6.45, 7) is 3.83. The van der Waals surface area contributed by atoms with Gasteiger partial charge in [-0.05, 0) is 42.7 Å². The molecular weight excluding hydrogens is 213 g/mol. The molecule has 0 saturated heterocycles. The molecule has 1 heterocycles. The minimum atomic E-state index is -0.230. The Morgan fingerprint density at radius 2 is 2.07 bits per heavy atom. The maximum atomic E-state index is 13.2. The first-order chi connectivity index (χ1) is 7.11. The van der Waals surface area contributed by atoms with Crippen molar-refractivity contribution >= 4 is 22.5 Å². The van der Waals surface area contributed by atoms with Crippen molar-refractivity contribution in [3.8, 4) is 0 Å². The molecule has 0 amide bonds. The average molecular weight is 224 g/mol. The summed E-state index contributed by atoms with van der Waals surface area (Å²) in [6.07, 6.45) is 0.803. The molecule has 0 aliphatic heterocycles. The highest BCUT2D eigenvalue weighted by Gasteiger charge is 2.06. The molecule has 0 bridgehead atoms. The lowest BCUT2D eigenvalue weighted by Gasteiger charge is -2.06. The topological polar surface area (TPSA) is 12.9 Å². The van der Waals surface area contributed by atoms with E-state index < -0.39 is 0 Å². The summed E-state index contributed by atoms with van der Waals surface area (Å²) in [5, 5.41) is 1.33. The highest BCUT2D eigenvalue weighted by Crippen LogP contribution is 2.24. The van der Waals surface area contributed by atoms with E-state index in [0.29, 0.717) is 5.15 Å². The fourth-order valence-electron chi connectivity index (χ4n) is 1.69. The van der Waals surface area contributed by atoms with Gasteiger partial charge in [0.15, 0.2) is 0 Å². The molecule has 15 heavy (non-hydrogen) atoms. The van der Waals surface area contributed by atoms with E-state index in [1.54, 1.807) is 0 Å². The van der Waals surface area contributed by atoms with Gasteiger partial charge in [0, 0.05) is 5.39 Å². The van der Waals surface area contributed by atoms with Gasteiger partial charge < -0.3 is 0 Å². The van der Waals surface area contributed by atoms with Crippen LogP contribution in [-0.2, 0) is 6.42 Å². The molecule has 0 aliphatic carbocycles. The van der Waals surface area contributed by atoms with Crippen molar-refractivity contribution in [2.75, 3.05) is 0 Å². The lowest BCUT2D eigenvalue weighted by Crippen LogP contribution is -1.91. The van der Waals surface area contributed by atoms with Crippen LogP contribution in [0.1, 0.15) is 18.1 Å². The number of pyridine rings is 1. The zero-order valence-corrected chi connectivity index (χ0v) is 9.40. The zero-order valence-electron chi connectivity index (χ0n) is 8.64. The van der Waals surface area contributed by atoms with Crippen LogP contribution in [-0.4, -0.2) is 4.98 Å². The fourth-order valence-corrected chi connectivity index (χ4v) is 1.96. The summed E-state index contributed by atoms with van der Waals surface area (Å²) in [6, 6.07) is 4.86. The highest BCUT2D eigenvalue weighted by molar-refractivity contribution is 6.30. The Balaban J connectivity index is 2.81. The quantitative estimate of drug-likeness (QED) is 0.669. The Kier molecular flexibility index (Phi) is 2.61. The third-order valence-corrected chi connectivity index (χ3v) is 2.81. The number of aryl methyl sites for hydroxylation is 2. The normalized spacial score (nSPS) is 10.9. The first-order valence-electron chi connectivity index (χ1n) is 4.87. The van der Waals surface area contributed by atoms with Crippen LogP contribution in [0.2, 0.25) is 5.15 Å². The van der Waals surface area contributed by atoms with Crippen LogP contribution in [0.25, 0.3) is 10.9 Å². The monoisotopic (exact) mass is 223 g/mol. The summed E-state index contributed by atoms with van der Waals surface area (Å²) in [5.74, 6) is -0.230. The average Bonchev–Trinajstić information content (AvgIpc) is 2.18. The van der Waals surface area contributed by atoms with Gasteiger partial charge in [0.05, 0.1) is 5.52 Å². The number of fused-ring (bicyclic) bond motifs is 1. The first kappa shape index (κ1) is 10.4. The molecule has 78 valence electrons. The minimum absolute atomic E-state index is 0.230. The third kappa shape index (κ3) is 1.82. The van der Waals surface area contributed by atoms with E-state index in [2.05, 4.69) is 4.98 Å². The van der Waals surface area contributed by atoms with Crippen LogP contribution < -0.4 is 0 Å². The predicted molar refractivity (Wildman–Crippen MR) is 60.8 cm³/mol. The molecule has 3 heteroatoms. The Morgan fingerprint density at radius 3 is 2.73 bits per heavy atom. The van der Waals surface area contributed by atoms with Crippen molar-refractivity contribution in [2.45, 2.75) is 20.3 Å². The third-order valence-electron chi connectivity index (χ3n) is 2.48. The number of nitrogens with zero attached hydrogens (tertiary/aromatic N) is 1. The predicted octanol–water partition coefficient (Wildman–Crippen LogP) is 3.90. The number of rotatable bonds is 1. The van der Waals surface area contributed by atoms with E-state index in [0.717, 1.165) is 28.5 Å². The Hall–Kier alpha value is -1.15. The standard InChI is InChI=1S/C12H11ClFN/c1-3-8-5-9-6-10(14)4-7(2)11(9)15-12(8)13/h4-6H,3H2,1-2H3. The molecule has 0 unspecified atom stereocenters. The van der Waals surface area contributed by atoms with Crippen molar-refractivity contribution in [3.63, 3.8) is 0 Å². The molecule has 0 spiro atoms. The maximum Gasteiger partial charge on any atom is 0.132 e. The van der Waals surface area contributed by atoms with Gasteiger partial charge in [-0.3, -0.25) is 0 Å². The molecule has 2 aromatic rings. The molecule has 1 nitrogen and oxygen atoms in total. The SMILES string of the molecule is CCc1cc2cc(F)cc(C)c2nc1Cl. The van der Waals surface area contributed by atoms with Crippen molar-refractivity contribution in [1.29, 1.82) is 0 Å². The van der Waals surface area contributed by atoms with Crippen LogP contribution in [0, 0.1) is 12.7 Å². The molecule has 0 atom stereocenters. The second kappa shape index (κ2) is 3.78. The van der Waals surface area contributed by atoms with Gasteiger partial charge in [-0.15, -0.1) is 0 Å². The molecular formula is C12H11ClFN. The number of halogens is 2. The Bertz CT molecular complexity index is 523. The van der Waals surface area contributed by atoms with Crippen LogP contribution in [0.4, 0.5) is 4.39 Å². The van der Waals surface area contributed by atoms with Gasteiger partial charge in [-0.1, -0.05) is 18.5 Å². The van der Waals surface area contributed by atoms with Crippen LogP contribution in [0.15, 0.2) is 18.2 Å². The summed E-state index contributed by atoms with van der Waals surface area (Å²) in [4.78, 5) is 4.29. The van der Waals surface area contributed by atoms with Gasteiger partial charge >= 0.3 is 0 Å². The lowest BCUT2D eigenvalue weighted by atomic mass is 10.1. The smallest absolute Gasteiger partial charge is 0.132 e. The number of aromatic nitrogens is 1. The minimum Gasteiger partial charge on any atom is -0.236 e. The molecule has 0 fully saturated rings. The van der Waals surface area contributed by atoms with E-state index in [1.165, 1.54) is 12.1 Å². The van der Waals surface area contributed by atoms with Gasteiger partial charge in [0.2, 0.25) is 0 Å². The van der Waals surface area contributed by atoms with Gasteiger partial charge in [0.1, 0.15) is 11.0 Å². The number of benzene rings is 1. The van der Waals surface area contributed by atoms with Crippen molar-refractivity contribution in [3.05, 3.63) is 40.3 Å². The second-order valence-corrected chi connectivity index (χ2v) is 3.94. The van der Waals surface area contributed by atoms with Gasteiger partial charge in [0.25, 0.3) is 0 Å². The molecule has 0 N–H and O–H groups in total. The number of hydrogen-bond acceptors (Lipinski definition) is 1. The number of hydrogen-bond donors (Lipinski definition) is 0. The zero-order chi connectivity index (χ0) is 11.0. The molecule has 2 rings (SSSR count).